The largest absolute Gasteiger partial charge is 0.493 e. The highest BCUT2D eigenvalue weighted by Crippen LogP contribution is 2.34. The number of carbonyl (C=O) groups excluding carboxylic acids is 1. The molecular weight excluding hydrogens is 457 g/mol. The molecule has 1 saturated carbocycles. The number of nitrogens with zero attached hydrogens (tertiary/aromatic N) is 3. The second kappa shape index (κ2) is 10.1. The Morgan fingerprint density at radius 1 is 1.22 bits per heavy atom. The lowest BCUT2D eigenvalue weighted by Crippen LogP contribution is -2.53. The van der Waals surface area contributed by atoms with Crippen molar-refractivity contribution in [1.29, 1.82) is 0 Å². The number of nitrogens with one attached hydrogen (secondary N) is 2. The Labute approximate surface area is 209 Å². The summed E-state index contributed by atoms with van der Waals surface area (Å²) in [5.74, 6) is 0.167. The first-order valence-electron chi connectivity index (χ1n) is 12.3. The molecule has 1 aliphatic rings. The van der Waals surface area contributed by atoms with Crippen LogP contribution in [0.3, 0.4) is 0 Å². The van der Waals surface area contributed by atoms with Crippen LogP contribution in [0.1, 0.15) is 41.4 Å². The maximum Gasteiger partial charge on any atom is 0.254 e. The molecule has 7 nitrogen and oxygen atoms in total. The van der Waals surface area contributed by atoms with Crippen LogP contribution in [0.15, 0.2) is 54.9 Å². The van der Waals surface area contributed by atoms with E-state index in [9.17, 15) is 9.18 Å². The summed E-state index contributed by atoms with van der Waals surface area (Å²) in [4.78, 5) is 20.4. The van der Waals surface area contributed by atoms with E-state index in [2.05, 4.69) is 20.5 Å². The minimum atomic E-state index is -0.317. The summed E-state index contributed by atoms with van der Waals surface area (Å²) in [6.45, 7) is 4.69. The van der Waals surface area contributed by atoms with E-state index in [1.807, 2.05) is 44.1 Å². The van der Waals surface area contributed by atoms with E-state index in [1.165, 1.54) is 12.1 Å². The van der Waals surface area contributed by atoms with Crippen molar-refractivity contribution in [3.05, 3.63) is 77.5 Å². The number of hydrogen-bond acceptors (Lipinski definition) is 5. The van der Waals surface area contributed by atoms with Crippen molar-refractivity contribution in [1.82, 2.24) is 25.4 Å². The lowest BCUT2D eigenvalue weighted by Gasteiger charge is -2.43. The summed E-state index contributed by atoms with van der Waals surface area (Å²) in [5, 5.41) is 11.5. The quantitative estimate of drug-likeness (QED) is 0.371. The number of aryl methyl sites for hydroxylation is 1. The number of halogens is 1. The SMILES string of the molecule is CCOc1cc(C(=O)N(Cc2cnc(C)c3cn[nH]c23)C2CC(NC)C2)ccc1-c1cccc(F)c1. The molecule has 36 heavy (non-hydrogen) atoms. The fraction of sp³-hybridized carbons (Fsp3) is 0.321. The number of benzene rings is 2. The first-order valence-corrected chi connectivity index (χ1v) is 12.3. The van der Waals surface area contributed by atoms with E-state index < -0.39 is 0 Å². The first kappa shape index (κ1) is 23.9. The van der Waals surface area contributed by atoms with Gasteiger partial charge in [-0.05, 0) is 69.6 Å². The Morgan fingerprint density at radius 2 is 2.06 bits per heavy atom. The van der Waals surface area contributed by atoms with Gasteiger partial charge in [0.05, 0.1) is 18.3 Å². The molecular formula is C28H30FN5O2. The molecule has 2 N–H and O–H groups in total. The maximum absolute atomic E-state index is 13.9. The van der Waals surface area contributed by atoms with Crippen molar-refractivity contribution in [2.24, 2.45) is 0 Å². The summed E-state index contributed by atoms with van der Waals surface area (Å²) in [5.41, 5.74) is 4.72. The Balaban J connectivity index is 1.50. The van der Waals surface area contributed by atoms with Gasteiger partial charge in [-0.15, -0.1) is 0 Å². The summed E-state index contributed by atoms with van der Waals surface area (Å²) < 4.78 is 19.8. The topological polar surface area (TPSA) is 83.1 Å². The van der Waals surface area contributed by atoms with Crippen LogP contribution in [0.5, 0.6) is 5.75 Å². The van der Waals surface area contributed by atoms with Gasteiger partial charge in [0.25, 0.3) is 5.91 Å². The van der Waals surface area contributed by atoms with Gasteiger partial charge in [-0.1, -0.05) is 12.1 Å². The standard InChI is InChI=1S/C28H30FN5O2/c1-4-36-26-11-19(8-9-24(26)18-6-5-7-21(29)10-18)28(35)34(23-12-22(13-23)30-3)16-20-14-31-17(2)25-15-32-33-27(20)25/h5-11,14-15,22-23,30H,4,12-13,16H2,1-3H3,(H,32,33). The van der Waals surface area contributed by atoms with Gasteiger partial charge in [0.15, 0.2) is 0 Å². The van der Waals surface area contributed by atoms with Crippen molar-refractivity contribution in [3.8, 4) is 16.9 Å². The molecule has 1 amide bonds. The molecule has 0 saturated heterocycles. The average Bonchev–Trinajstić information content (AvgIpc) is 3.35. The van der Waals surface area contributed by atoms with Gasteiger partial charge in [0, 0.05) is 52.6 Å². The van der Waals surface area contributed by atoms with Crippen LogP contribution in [0.2, 0.25) is 0 Å². The molecule has 0 unspecified atom stereocenters. The first-order chi connectivity index (χ1) is 17.5. The molecule has 186 valence electrons. The molecule has 0 atom stereocenters. The monoisotopic (exact) mass is 487 g/mol. The van der Waals surface area contributed by atoms with Crippen molar-refractivity contribution in [3.63, 3.8) is 0 Å². The van der Waals surface area contributed by atoms with Gasteiger partial charge < -0.3 is 15.0 Å². The third-order valence-corrected chi connectivity index (χ3v) is 6.99. The van der Waals surface area contributed by atoms with Crippen LogP contribution in [0.25, 0.3) is 22.0 Å². The van der Waals surface area contributed by atoms with E-state index in [-0.39, 0.29) is 17.8 Å². The summed E-state index contributed by atoms with van der Waals surface area (Å²) in [6, 6.07) is 12.3. The van der Waals surface area contributed by atoms with E-state index in [4.69, 9.17) is 4.74 Å². The van der Waals surface area contributed by atoms with Crippen molar-refractivity contribution < 1.29 is 13.9 Å². The lowest BCUT2D eigenvalue weighted by atomic mass is 9.85. The maximum atomic E-state index is 13.9. The van der Waals surface area contributed by atoms with Crippen LogP contribution in [-0.4, -0.2) is 51.7 Å². The number of aromatic amines is 1. The van der Waals surface area contributed by atoms with Crippen LogP contribution in [0, 0.1) is 12.7 Å². The van der Waals surface area contributed by atoms with Crippen molar-refractivity contribution >= 4 is 16.8 Å². The average molecular weight is 488 g/mol. The molecule has 2 aromatic heterocycles. The zero-order chi connectivity index (χ0) is 25.2. The second-order valence-corrected chi connectivity index (χ2v) is 9.23. The fourth-order valence-electron chi connectivity index (χ4n) is 4.85. The highest BCUT2D eigenvalue weighted by molar-refractivity contribution is 5.96. The summed E-state index contributed by atoms with van der Waals surface area (Å²) in [7, 11) is 1.95. The van der Waals surface area contributed by atoms with Crippen LogP contribution < -0.4 is 10.1 Å². The van der Waals surface area contributed by atoms with Crippen molar-refractivity contribution in [2.45, 2.75) is 45.3 Å². The smallest absolute Gasteiger partial charge is 0.254 e. The molecule has 0 aliphatic heterocycles. The van der Waals surface area contributed by atoms with Gasteiger partial charge >= 0.3 is 0 Å². The molecule has 8 heteroatoms. The van der Waals surface area contributed by atoms with Gasteiger partial charge in [0.2, 0.25) is 0 Å². The normalized spacial score (nSPS) is 17.1. The van der Waals surface area contributed by atoms with Crippen LogP contribution >= 0.6 is 0 Å². The Morgan fingerprint density at radius 3 is 2.81 bits per heavy atom. The van der Waals surface area contributed by atoms with E-state index in [0.717, 1.165) is 40.6 Å². The number of amides is 1. The molecule has 0 spiro atoms. The fourth-order valence-corrected chi connectivity index (χ4v) is 4.85. The molecule has 1 fully saturated rings. The second-order valence-electron chi connectivity index (χ2n) is 9.23. The molecule has 0 bridgehead atoms. The van der Waals surface area contributed by atoms with Crippen LogP contribution in [-0.2, 0) is 6.54 Å². The number of pyridine rings is 1. The molecule has 5 rings (SSSR count). The van der Waals surface area contributed by atoms with Gasteiger partial charge in [-0.25, -0.2) is 4.39 Å². The number of carbonyl (C=O) groups is 1. The number of aromatic nitrogens is 3. The van der Waals surface area contributed by atoms with Crippen LogP contribution in [0.4, 0.5) is 4.39 Å². The number of ether oxygens (including phenoxy) is 1. The number of fused-ring (bicyclic) bond motifs is 1. The molecule has 2 aromatic carbocycles. The minimum absolute atomic E-state index is 0.0745. The van der Waals surface area contributed by atoms with E-state index in [0.29, 0.717) is 36.1 Å². The third-order valence-electron chi connectivity index (χ3n) is 6.99. The zero-order valence-electron chi connectivity index (χ0n) is 20.7. The molecule has 2 heterocycles. The Hall–Kier alpha value is -3.78. The predicted molar refractivity (Wildman–Crippen MR) is 137 cm³/mol. The lowest BCUT2D eigenvalue weighted by molar-refractivity contribution is 0.0498. The third kappa shape index (κ3) is 4.56. The Bertz CT molecular complexity index is 1400. The van der Waals surface area contributed by atoms with E-state index >= 15 is 0 Å². The van der Waals surface area contributed by atoms with Gasteiger partial charge in [-0.3, -0.25) is 14.9 Å². The van der Waals surface area contributed by atoms with E-state index in [1.54, 1.807) is 24.4 Å². The highest BCUT2D eigenvalue weighted by Gasteiger charge is 2.36. The van der Waals surface area contributed by atoms with Gasteiger partial charge in [0.1, 0.15) is 11.6 Å². The number of hydrogen-bond donors (Lipinski definition) is 2. The molecule has 1 aliphatic carbocycles. The summed E-state index contributed by atoms with van der Waals surface area (Å²) >= 11 is 0. The minimum Gasteiger partial charge on any atom is -0.493 e. The highest BCUT2D eigenvalue weighted by atomic mass is 19.1. The molecule has 0 radical (unpaired) electrons. The Kier molecular flexibility index (Phi) is 6.69. The van der Waals surface area contributed by atoms with Gasteiger partial charge in [-0.2, -0.15) is 5.10 Å². The van der Waals surface area contributed by atoms with Crippen molar-refractivity contribution in [2.75, 3.05) is 13.7 Å². The predicted octanol–water partition coefficient (Wildman–Crippen LogP) is 4.86. The molecule has 4 aromatic rings. The number of H-pyrrole nitrogens is 1. The number of rotatable bonds is 8. The summed E-state index contributed by atoms with van der Waals surface area (Å²) in [6.07, 6.45) is 5.36. The zero-order valence-corrected chi connectivity index (χ0v) is 20.7.